The van der Waals surface area contributed by atoms with Gasteiger partial charge in [0.2, 0.25) is 0 Å². The summed E-state index contributed by atoms with van der Waals surface area (Å²) in [6.07, 6.45) is 4.78. The van der Waals surface area contributed by atoms with E-state index in [4.69, 9.17) is 9.84 Å². The molecule has 0 radical (unpaired) electrons. The van der Waals surface area contributed by atoms with E-state index in [1.165, 1.54) is 12.8 Å². The van der Waals surface area contributed by atoms with Crippen LogP contribution in [0.2, 0.25) is 0 Å². The minimum atomic E-state index is 0.377. The molecule has 0 saturated carbocycles. The predicted molar refractivity (Wildman–Crippen MR) is 90.2 cm³/mol. The molecule has 2 aliphatic heterocycles. The molecule has 3 rings (SSSR count). The minimum absolute atomic E-state index is 0.377. The van der Waals surface area contributed by atoms with E-state index in [0.29, 0.717) is 12.5 Å². The molecule has 1 aromatic carbocycles. The molecule has 0 aliphatic carbocycles. The lowest BCUT2D eigenvalue weighted by Gasteiger charge is -2.22. The third-order valence-corrected chi connectivity index (χ3v) is 4.40. The van der Waals surface area contributed by atoms with E-state index in [2.05, 4.69) is 10.6 Å². The highest BCUT2D eigenvalue weighted by Gasteiger charge is 2.13. The summed E-state index contributed by atoms with van der Waals surface area (Å²) in [5.74, 6) is 2.30. The summed E-state index contributed by atoms with van der Waals surface area (Å²) < 4.78 is 5.72. The first kappa shape index (κ1) is 17.3. The molecule has 1 aromatic rings. The van der Waals surface area contributed by atoms with Gasteiger partial charge in [0, 0.05) is 6.61 Å². The Labute approximate surface area is 134 Å². The molecule has 2 aliphatic rings. The highest BCUT2D eigenvalue weighted by atomic mass is 16.5. The number of nitrogens with one attached hydrogen (secondary N) is 2. The maximum atomic E-state index is 8.66. The Hall–Kier alpha value is -1.10. The van der Waals surface area contributed by atoms with Crippen molar-refractivity contribution in [3.8, 4) is 5.75 Å². The normalized spacial score (nSPS) is 20.0. The van der Waals surface area contributed by atoms with E-state index in [9.17, 15) is 0 Å². The smallest absolute Gasteiger partial charge is 0.119 e. The Morgan fingerprint density at radius 3 is 1.91 bits per heavy atom. The van der Waals surface area contributed by atoms with Gasteiger partial charge in [-0.3, -0.25) is 0 Å². The second kappa shape index (κ2) is 10.6. The van der Waals surface area contributed by atoms with Gasteiger partial charge >= 0.3 is 0 Å². The van der Waals surface area contributed by atoms with Crippen molar-refractivity contribution in [3.63, 3.8) is 0 Å². The zero-order chi connectivity index (χ0) is 15.5. The van der Waals surface area contributed by atoms with Crippen LogP contribution in [0.1, 0.15) is 25.7 Å². The molecule has 0 spiro atoms. The fraction of sp³-hybridized carbons (Fsp3) is 0.667. The van der Waals surface area contributed by atoms with Crippen LogP contribution in [0.25, 0.3) is 0 Å². The molecular weight excluding hydrogens is 276 g/mol. The van der Waals surface area contributed by atoms with Gasteiger partial charge < -0.3 is 20.5 Å². The molecule has 0 aromatic heterocycles. The van der Waals surface area contributed by atoms with Crippen LogP contribution in [0, 0.1) is 11.8 Å². The lowest BCUT2D eigenvalue weighted by atomic mass is 9.99. The molecular formula is C18H30N2O2. The van der Waals surface area contributed by atoms with E-state index in [1.54, 1.807) is 0 Å². The zero-order valence-electron chi connectivity index (χ0n) is 13.5. The number of rotatable bonds is 4. The monoisotopic (exact) mass is 306 g/mol. The van der Waals surface area contributed by atoms with Crippen LogP contribution in [0.4, 0.5) is 0 Å². The molecule has 0 atom stereocenters. The van der Waals surface area contributed by atoms with Gasteiger partial charge in [0.15, 0.2) is 0 Å². The van der Waals surface area contributed by atoms with Crippen LogP contribution in [-0.2, 0) is 0 Å². The fourth-order valence-corrected chi connectivity index (χ4v) is 2.84. The second-order valence-electron chi connectivity index (χ2n) is 6.19. The molecule has 4 nitrogen and oxygen atoms in total. The number of aliphatic hydroxyl groups excluding tert-OH is 1. The Morgan fingerprint density at radius 1 is 0.864 bits per heavy atom. The number of aliphatic hydroxyl groups is 1. The van der Waals surface area contributed by atoms with Gasteiger partial charge in [0.25, 0.3) is 0 Å². The third-order valence-electron chi connectivity index (χ3n) is 4.40. The Kier molecular flexibility index (Phi) is 8.31. The van der Waals surface area contributed by atoms with Crippen LogP contribution in [-0.4, -0.2) is 44.5 Å². The molecule has 22 heavy (non-hydrogen) atoms. The van der Waals surface area contributed by atoms with Crippen molar-refractivity contribution >= 4 is 0 Å². The maximum absolute atomic E-state index is 8.66. The number of hydrogen-bond acceptors (Lipinski definition) is 4. The molecule has 3 N–H and O–H groups in total. The van der Waals surface area contributed by atoms with Crippen molar-refractivity contribution in [3.05, 3.63) is 30.3 Å². The number of para-hydroxylation sites is 1. The van der Waals surface area contributed by atoms with Gasteiger partial charge in [0.1, 0.15) is 5.75 Å². The van der Waals surface area contributed by atoms with E-state index >= 15 is 0 Å². The fourth-order valence-electron chi connectivity index (χ4n) is 2.84. The summed E-state index contributed by atoms with van der Waals surface area (Å²) in [5.41, 5.74) is 0. The van der Waals surface area contributed by atoms with Crippen molar-refractivity contribution in [1.82, 2.24) is 10.6 Å². The van der Waals surface area contributed by atoms with E-state index in [0.717, 1.165) is 57.3 Å². The average Bonchev–Trinajstić information content (AvgIpc) is 2.63. The van der Waals surface area contributed by atoms with Crippen molar-refractivity contribution in [2.75, 3.05) is 39.4 Å². The van der Waals surface area contributed by atoms with E-state index in [1.807, 2.05) is 30.3 Å². The summed E-state index contributed by atoms with van der Waals surface area (Å²) in [5, 5.41) is 15.3. The summed E-state index contributed by atoms with van der Waals surface area (Å²) in [4.78, 5) is 0. The molecule has 2 heterocycles. The number of piperidine rings is 2. The summed E-state index contributed by atoms with van der Waals surface area (Å²) in [7, 11) is 0. The number of benzene rings is 1. The first-order valence-corrected chi connectivity index (χ1v) is 8.58. The van der Waals surface area contributed by atoms with E-state index < -0.39 is 0 Å². The second-order valence-corrected chi connectivity index (χ2v) is 6.19. The van der Waals surface area contributed by atoms with Crippen molar-refractivity contribution < 1.29 is 9.84 Å². The standard InChI is InChI=1S/C12H17NO.C6H13NO/c1-2-4-12(5-3-1)14-10-11-6-8-13-9-7-11;8-5-6-1-3-7-4-2-6/h1-5,11,13H,6-10H2;6-8H,1-5H2. The molecule has 2 fully saturated rings. The summed E-state index contributed by atoms with van der Waals surface area (Å²) in [6.45, 7) is 5.70. The van der Waals surface area contributed by atoms with Gasteiger partial charge in [-0.1, -0.05) is 18.2 Å². The Morgan fingerprint density at radius 2 is 1.41 bits per heavy atom. The molecule has 2 saturated heterocycles. The largest absolute Gasteiger partial charge is 0.493 e. The highest BCUT2D eigenvalue weighted by molar-refractivity contribution is 5.20. The molecule has 0 amide bonds. The highest BCUT2D eigenvalue weighted by Crippen LogP contribution is 2.15. The third kappa shape index (κ3) is 6.77. The van der Waals surface area contributed by atoms with Crippen molar-refractivity contribution in [1.29, 1.82) is 0 Å². The SMILES string of the molecule is OCC1CCNCC1.c1ccc(OCC2CCNCC2)cc1. The van der Waals surface area contributed by atoms with E-state index in [-0.39, 0.29) is 0 Å². The van der Waals surface area contributed by atoms with Gasteiger partial charge in [-0.05, 0) is 75.8 Å². The lowest BCUT2D eigenvalue weighted by molar-refractivity contribution is 0.196. The van der Waals surface area contributed by atoms with Crippen molar-refractivity contribution in [2.45, 2.75) is 25.7 Å². The minimum Gasteiger partial charge on any atom is -0.493 e. The van der Waals surface area contributed by atoms with Gasteiger partial charge in [-0.15, -0.1) is 0 Å². The van der Waals surface area contributed by atoms with Crippen LogP contribution in [0.15, 0.2) is 30.3 Å². The first-order valence-electron chi connectivity index (χ1n) is 8.58. The zero-order valence-corrected chi connectivity index (χ0v) is 13.5. The Bertz CT molecular complexity index is 374. The van der Waals surface area contributed by atoms with Gasteiger partial charge in [-0.2, -0.15) is 0 Å². The topological polar surface area (TPSA) is 53.5 Å². The molecule has 4 heteroatoms. The quantitative estimate of drug-likeness (QED) is 0.797. The van der Waals surface area contributed by atoms with Crippen LogP contribution in [0.3, 0.4) is 0 Å². The first-order chi connectivity index (χ1) is 10.9. The molecule has 0 bridgehead atoms. The maximum Gasteiger partial charge on any atom is 0.119 e. The number of hydrogen-bond donors (Lipinski definition) is 3. The summed E-state index contributed by atoms with van der Waals surface area (Å²) >= 11 is 0. The van der Waals surface area contributed by atoms with Gasteiger partial charge in [-0.25, -0.2) is 0 Å². The predicted octanol–water partition coefficient (Wildman–Crippen LogP) is 2.04. The molecule has 0 unspecified atom stereocenters. The Balaban J connectivity index is 0.000000188. The van der Waals surface area contributed by atoms with Crippen LogP contribution >= 0.6 is 0 Å². The van der Waals surface area contributed by atoms with Crippen LogP contribution in [0.5, 0.6) is 5.75 Å². The average molecular weight is 306 g/mol. The lowest BCUT2D eigenvalue weighted by Crippen LogP contribution is -2.30. The van der Waals surface area contributed by atoms with Gasteiger partial charge in [0.05, 0.1) is 6.61 Å². The molecule has 124 valence electrons. The van der Waals surface area contributed by atoms with Crippen molar-refractivity contribution in [2.24, 2.45) is 11.8 Å². The number of ether oxygens (including phenoxy) is 1. The van der Waals surface area contributed by atoms with Crippen LogP contribution < -0.4 is 15.4 Å². The summed E-state index contributed by atoms with van der Waals surface area (Å²) in [6, 6.07) is 10.1.